The molecule has 1 unspecified atom stereocenters. The van der Waals surface area contributed by atoms with Gasteiger partial charge in [0.15, 0.2) is 0 Å². The molecule has 3 rings (SSSR count). The molecule has 0 spiro atoms. The molecule has 0 aromatic heterocycles. The van der Waals surface area contributed by atoms with Crippen LogP contribution in [0.25, 0.3) is 0 Å². The first kappa shape index (κ1) is 20.3. The van der Waals surface area contributed by atoms with E-state index in [0.717, 1.165) is 24.2 Å². The molecule has 2 aliphatic rings. The third kappa shape index (κ3) is 4.86. The maximum absolute atomic E-state index is 13.2. The molecule has 1 saturated carbocycles. The van der Waals surface area contributed by atoms with Gasteiger partial charge in [-0.05, 0) is 42.5 Å². The predicted octanol–water partition coefficient (Wildman–Crippen LogP) is 4.59. The monoisotopic (exact) mass is 395 g/mol. The Morgan fingerprint density at radius 1 is 1.21 bits per heavy atom. The summed E-state index contributed by atoms with van der Waals surface area (Å²) < 4.78 is 53.9. The van der Waals surface area contributed by atoms with Crippen LogP contribution in [0, 0.1) is 5.82 Å². The molecule has 1 atom stereocenters. The van der Waals surface area contributed by atoms with Crippen molar-refractivity contribution >= 4 is 12.1 Å². The number of allylic oxidation sites excluding steroid dienone is 2. The van der Waals surface area contributed by atoms with Crippen molar-refractivity contribution in [3.8, 4) is 0 Å². The van der Waals surface area contributed by atoms with Crippen LogP contribution in [0.5, 0.6) is 0 Å². The number of alkyl halides is 3. The van der Waals surface area contributed by atoms with Gasteiger partial charge in [0.1, 0.15) is 11.7 Å². The average Bonchev–Trinajstić information content (AvgIpc) is 3.40. The lowest BCUT2D eigenvalue weighted by Gasteiger charge is -2.24. The van der Waals surface area contributed by atoms with Crippen LogP contribution in [0.2, 0.25) is 0 Å². The molecule has 1 aromatic rings. The summed E-state index contributed by atoms with van der Waals surface area (Å²) in [5.74, 6) is 0.471. The van der Waals surface area contributed by atoms with E-state index in [0.29, 0.717) is 5.57 Å². The Morgan fingerprint density at radius 3 is 2.39 bits per heavy atom. The van der Waals surface area contributed by atoms with Crippen molar-refractivity contribution in [2.45, 2.75) is 37.1 Å². The average molecular weight is 395 g/mol. The highest BCUT2D eigenvalue weighted by Gasteiger charge is 2.50. The van der Waals surface area contributed by atoms with E-state index >= 15 is 0 Å². The highest BCUT2D eigenvalue weighted by Crippen LogP contribution is 2.50. The van der Waals surface area contributed by atoms with Gasteiger partial charge in [0.05, 0.1) is 17.7 Å². The Kier molecular flexibility index (Phi) is 5.69. The number of halogens is 4. The second kappa shape index (κ2) is 7.87. The first-order valence-corrected chi connectivity index (χ1v) is 8.87. The molecule has 0 N–H and O–H groups in total. The van der Waals surface area contributed by atoms with E-state index in [1.807, 2.05) is 19.0 Å². The minimum atomic E-state index is -4.65. The van der Waals surface area contributed by atoms with Gasteiger partial charge in [-0.25, -0.2) is 4.39 Å². The Balaban J connectivity index is 1.71. The molecule has 0 heterocycles. The molecule has 150 valence electrons. The Hall–Kier alpha value is -2.48. The summed E-state index contributed by atoms with van der Waals surface area (Å²) in [5.41, 5.74) is 1.37. The number of ether oxygens (including phenoxy) is 1. The third-order valence-corrected chi connectivity index (χ3v) is 4.73. The van der Waals surface area contributed by atoms with Crippen molar-refractivity contribution in [1.29, 1.82) is 0 Å². The molecule has 0 bridgehead atoms. The SMILES string of the molecule is CN(C)/C(=N\N=C\C1=CCC(OC(F)(F)F)C=C1)C1(c2ccc(F)cc2)CC1. The highest BCUT2D eigenvalue weighted by atomic mass is 19.4. The molecule has 8 heteroatoms. The van der Waals surface area contributed by atoms with Gasteiger partial charge < -0.3 is 4.90 Å². The molecular formula is C20H21F4N3O. The molecule has 4 nitrogen and oxygen atoms in total. The standard InChI is InChI=1S/C20H21F4N3O/c1-27(2)18(19(11-12-19)15-5-7-16(21)8-6-15)26-25-13-14-3-9-17(10-4-14)28-20(22,23)24/h3-9,13,17H,10-12H2,1-2H3/b25-13+,26-18-. The van der Waals surface area contributed by atoms with Gasteiger partial charge in [-0.1, -0.05) is 30.4 Å². The number of amidine groups is 1. The van der Waals surface area contributed by atoms with Crippen LogP contribution >= 0.6 is 0 Å². The molecular weight excluding hydrogens is 374 g/mol. The fourth-order valence-electron chi connectivity index (χ4n) is 3.27. The highest BCUT2D eigenvalue weighted by molar-refractivity contribution is 5.96. The molecule has 1 aromatic carbocycles. The number of hydrogen-bond donors (Lipinski definition) is 0. The number of rotatable bonds is 5. The lowest BCUT2D eigenvalue weighted by Crippen LogP contribution is -2.34. The van der Waals surface area contributed by atoms with Crippen molar-refractivity contribution in [3.05, 3.63) is 59.4 Å². The first-order valence-electron chi connectivity index (χ1n) is 8.87. The van der Waals surface area contributed by atoms with Crippen LogP contribution in [0.15, 0.2) is 58.3 Å². The van der Waals surface area contributed by atoms with E-state index in [1.54, 1.807) is 18.2 Å². The van der Waals surface area contributed by atoms with Gasteiger partial charge in [-0.2, -0.15) is 5.10 Å². The summed E-state index contributed by atoms with van der Waals surface area (Å²) in [7, 11) is 3.74. The fourth-order valence-corrected chi connectivity index (χ4v) is 3.27. The van der Waals surface area contributed by atoms with Crippen LogP contribution in [0.1, 0.15) is 24.8 Å². The van der Waals surface area contributed by atoms with Gasteiger partial charge in [0, 0.05) is 14.1 Å². The normalized spacial score (nSPS) is 21.7. The second-order valence-electron chi connectivity index (χ2n) is 7.05. The smallest absolute Gasteiger partial charge is 0.364 e. The number of likely N-dealkylation sites (N-methyl/N-ethyl adjacent to an activating group) is 1. The van der Waals surface area contributed by atoms with E-state index in [9.17, 15) is 17.6 Å². The van der Waals surface area contributed by atoms with E-state index in [-0.39, 0.29) is 17.7 Å². The fraction of sp³-hybridized carbons (Fsp3) is 0.400. The van der Waals surface area contributed by atoms with E-state index in [1.165, 1.54) is 30.5 Å². The Morgan fingerprint density at radius 2 is 1.89 bits per heavy atom. The molecule has 28 heavy (non-hydrogen) atoms. The van der Waals surface area contributed by atoms with Crippen molar-refractivity contribution in [1.82, 2.24) is 4.90 Å². The Labute approximate surface area is 160 Å². The van der Waals surface area contributed by atoms with Gasteiger partial charge in [0.25, 0.3) is 0 Å². The second-order valence-corrected chi connectivity index (χ2v) is 7.05. The summed E-state index contributed by atoms with van der Waals surface area (Å²) in [4.78, 5) is 1.88. The zero-order valence-corrected chi connectivity index (χ0v) is 15.6. The summed E-state index contributed by atoms with van der Waals surface area (Å²) in [6, 6.07) is 6.39. The van der Waals surface area contributed by atoms with Crippen molar-refractivity contribution < 1.29 is 22.3 Å². The first-order chi connectivity index (χ1) is 13.2. The minimum absolute atomic E-state index is 0.112. The van der Waals surface area contributed by atoms with Crippen LogP contribution in [0.4, 0.5) is 17.6 Å². The topological polar surface area (TPSA) is 37.2 Å². The molecule has 0 aliphatic heterocycles. The summed E-state index contributed by atoms with van der Waals surface area (Å²) in [5, 5.41) is 8.49. The van der Waals surface area contributed by atoms with Crippen molar-refractivity contribution in [3.63, 3.8) is 0 Å². The summed E-state index contributed by atoms with van der Waals surface area (Å²) >= 11 is 0. The maximum Gasteiger partial charge on any atom is 0.523 e. The molecule has 2 aliphatic carbocycles. The largest absolute Gasteiger partial charge is 0.523 e. The molecule has 1 fully saturated rings. The Bertz CT molecular complexity index is 819. The number of benzene rings is 1. The lowest BCUT2D eigenvalue weighted by molar-refractivity contribution is -0.335. The van der Waals surface area contributed by atoms with Crippen LogP contribution in [-0.4, -0.2) is 43.5 Å². The van der Waals surface area contributed by atoms with Crippen LogP contribution in [-0.2, 0) is 10.2 Å². The van der Waals surface area contributed by atoms with E-state index in [4.69, 9.17) is 0 Å². The third-order valence-electron chi connectivity index (χ3n) is 4.73. The van der Waals surface area contributed by atoms with Gasteiger partial charge in [0.2, 0.25) is 0 Å². The molecule has 0 saturated heterocycles. The maximum atomic E-state index is 13.2. The summed E-state index contributed by atoms with van der Waals surface area (Å²) in [6.07, 6.45) is 2.23. The zero-order chi connectivity index (χ0) is 20.4. The predicted molar refractivity (Wildman–Crippen MR) is 99.7 cm³/mol. The minimum Gasteiger partial charge on any atom is -0.364 e. The number of hydrogen-bond acceptors (Lipinski definition) is 3. The molecule has 0 amide bonds. The van der Waals surface area contributed by atoms with Crippen LogP contribution < -0.4 is 0 Å². The van der Waals surface area contributed by atoms with Crippen molar-refractivity contribution in [2.24, 2.45) is 10.2 Å². The summed E-state index contributed by atoms with van der Waals surface area (Å²) in [6.45, 7) is 0. The van der Waals surface area contributed by atoms with Gasteiger partial charge in [-0.15, -0.1) is 18.3 Å². The van der Waals surface area contributed by atoms with Gasteiger partial charge in [-0.3, -0.25) is 4.74 Å². The van der Waals surface area contributed by atoms with Crippen molar-refractivity contribution in [2.75, 3.05) is 14.1 Å². The van der Waals surface area contributed by atoms with E-state index in [2.05, 4.69) is 14.9 Å². The zero-order valence-electron chi connectivity index (χ0n) is 15.6. The van der Waals surface area contributed by atoms with E-state index < -0.39 is 12.5 Å². The molecule has 0 radical (unpaired) electrons. The van der Waals surface area contributed by atoms with Crippen LogP contribution in [0.3, 0.4) is 0 Å². The van der Waals surface area contributed by atoms with Gasteiger partial charge >= 0.3 is 6.36 Å². The lowest BCUT2D eigenvalue weighted by atomic mass is 9.94. The number of nitrogens with zero attached hydrogens (tertiary/aromatic N) is 3. The quantitative estimate of drug-likeness (QED) is 0.316.